The van der Waals surface area contributed by atoms with Crippen molar-refractivity contribution in [1.82, 2.24) is 15.5 Å². The van der Waals surface area contributed by atoms with E-state index in [9.17, 15) is 4.79 Å². The highest BCUT2D eigenvalue weighted by molar-refractivity contribution is 9.10. The molecule has 0 unspecified atom stereocenters. The first kappa shape index (κ1) is 19.5. The molecule has 0 saturated heterocycles. The summed E-state index contributed by atoms with van der Waals surface area (Å²) in [6, 6.07) is 11.5. The van der Waals surface area contributed by atoms with Crippen molar-refractivity contribution in [2.75, 3.05) is 33.7 Å². The van der Waals surface area contributed by atoms with Crippen LogP contribution in [0.5, 0.6) is 0 Å². The van der Waals surface area contributed by atoms with Crippen LogP contribution >= 0.6 is 27.3 Å². The molecule has 1 aromatic carbocycles. The van der Waals surface area contributed by atoms with Gasteiger partial charge in [0, 0.05) is 48.6 Å². The van der Waals surface area contributed by atoms with Crippen LogP contribution in [0.25, 0.3) is 0 Å². The van der Waals surface area contributed by atoms with Gasteiger partial charge in [-0.15, -0.1) is 11.3 Å². The van der Waals surface area contributed by atoms with Gasteiger partial charge in [-0.3, -0.25) is 9.79 Å². The van der Waals surface area contributed by atoms with Gasteiger partial charge in [-0.25, -0.2) is 0 Å². The summed E-state index contributed by atoms with van der Waals surface area (Å²) in [5.41, 5.74) is 0.653. The number of guanidine groups is 1. The van der Waals surface area contributed by atoms with Crippen molar-refractivity contribution in [1.29, 1.82) is 0 Å². The molecule has 134 valence electrons. The van der Waals surface area contributed by atoms with Gasteiger partial charge < -0.3 is 15.5 Å². The Hall–Kier alpha value is -1.86. The van der Waals surface area contributed by atoms with Crippen LogP contribution in [0.2, 0.25) is 0 Å². The second kappa shape index (κ2) is 10.2. The molecule has 1 aromatic heterocycles. The van der Waals surface area contributed by atoms with Gasteiger partial charge in [0.05, 0.1) is 0 Å². The Labute approximate surface area is 161 Å². The van der Waals surface area contributed by atoms with E-state index in [2.05, 4.69) is 54.0 Å². The van der Waals surface area contributed by atoms with Gasteiger partial charge >= 0.3 is 0 Å². The van der Waals surface area contributed by atoms with Crippen LogP contribution in [0.1, 0.15) is 15.2 Å². The van der Waals surface area contributed by atoms with E-state index in [1.54, 1.807) is 30.5 Å². The molecular formula is C18H23BrN4OS. The lowest BCUT2D eigenvalue weighted by molar-refractivity contribution is 0.0954. The number of amides is 1. The lowest BCUT2D eigenvalue weighted by Gasteiger charge is -2.21. The van der Waals surface area contributed by atoms with E-state index in [-0.39, 0.29) is 5.91 Å². The number of nitrogens with zero attached hydrogens (tertiary/aromatic N) is 2. The van der Waals surface area contributed by atoms with Crippen LogP contribution in [-0.2, 0) is 6.42 Å². The molecule has 2 rings (SSSR count). The molecule has 0 aliphatic carbocycles. The van der Waals surface area contributed by atoms with Crippen LogP contribution in [-0.4, -0.2) is 50.5 Å². The predicted octanol–water partition coefficient (Wildman–Crippen LogP) is 2.99. The monoisotopic (exact) mass is 422 g/mol. The van der Waals surface area contributed by atoms with Gasteiger partial charge in [-0.1, -0.05) is 22.0 Å². The van der Waals surface area contributed by atoms with Crippen molar-refractivity contribution in [2.24, 2.45) is 4.99 Å². The molecule has 0 bridgehead atoms. The fraction of sp³-hybridized carbons (Fsp3) is 0.333. The number of carbonyl (C=O) groups excluding carboxylic acids is 1. The van der Waals surface area contributed by atoms with Crippen LogP contribution in [0.3, 0.4) is 0 Å². The minimum Gasteiger partial charge on any atom is -0.354 e. The van der Waals surface area contributed by atoms with E-state index in [4.69, 9.17) is 0 Å². The summed E-state index contributed by atoms with van der Waals surface area (Å²) >= 11 is 5.13. The van der Waals surface area contributed by atoms with E-state index in [1.807, 2.05) is 19.2 Å². The highest BCUT2D eigenvalue weighted by Crippen LogP contribution is 2.10. The second-order valence-corrected chi connectivity index (χ2v) is 7.44. The van der Waals surface area contributed by atoms with Crippen molar-refractivity contribution in [3.8, 4) is 0 Å². The zero-order chi connectivity index (χ0) is 18.1. The van der Waals surface area contributed by atoms with Gasteiger partial charge in [0.2, 0.25) is 0 Å². The third kappa shape index (κ3) is 6.51. The lowest BCUT2D eigenvalue weighted by Crippen LogP contribution is -2.43. The number of aliphatic imine (C=N–C) groups is 1. The summed E-state index contributed by atoms with van der Waals surface area (Å²) in [6.45, 7) is 2.05. The maximum Gasteiger partial charge on any atom is 0.251 e. The predicted molar refractivity (Wildman–Crippen MR) is 108 cm³/mol. The highest BCUT2D eigenvalue weighted by atomic mass is 79.9. The Kier molecular flexibility index (Phi) is 7.94. The summed E-state index contributed by atoms with van der Waals surface area (Å²) in [7, 11) is 3.79. The molecule has 2 N–H and O–H groups in total. The Balaban J connectivity index is 1.69. The molecule has 0 fully saturated rings. The SMILES string of the molecule is CN=C(NCCNC(=O)c1ccc(Br)cc1)N(C)CCc1cccs1. The molecule has 0 radical (unpaired) electrons. The summed E-state index contributed by atoms with van der Waals surface area (Å²) in [5, 5.41) is 8.27. The van der Waals surface area contributed by atoms with Gasteiger partial charge in [0.1, 0.15) is 0 Å². The molecule has 25 heavy (non-hydrogen) atoms. The minimum absolute atomic E-state index is 0.0738. The molecular weight excluding hydrogens is 400 g/mol. The van der Waals surface area contributed by atoms with E-state index in [0.29, 0.717) is 18.7 Å². The quantitative estimate of drug-likeness (QED) is 0.409. The van der Waals surface area contributed by atoms with Crippen molar-refractivity contribution < 1.29 is 4.79 Å². The standard InChI is InChI=1S/C18H23BrN4OS/c1-20-18(23(2)12-9-16-4-3-13-25-16)22-11-10-21-17(24)14-5-7-15(19)8-6-14/h3-8,13H,9-12H2,1-2H3,(H,20,22)(H,21,24). The molecule has 2 aromatic rings. The Morgan fingerprint density at radius 1 is 1.20 bits per heavy atom. The number of thiophene rings is 1. The average molecular weight is 423 g/mol. The molecule has 0 atom stereocenters. The Morgan fingerprint density at radius 3 is 2.56 bits per heavy atom. The Bertz CT molecular complexity index is 686. The highest BCUT2D eigenvalue weighted by Gasteiger charge is 2.07. The third-order valence-corrected chi connectivity index (χ3v) is 5.11. The normalized spacial score (nSPS) is 11.2. The van der Waals surface area contributed by atoms with E-state index in [1.165, 1.54) is 4.88 Å². The summed E-state index contributed by atoms with van der Waals surface area (Å²) in [5.74, 6) is 0.754. The zero-order valence-electron chi connectivity index (χ0n) is 14.5. The molecule has 0 spiro atoms. The Morgan fingerprint density at radius 2 is 1.92 bits per heavy atom. The van der Waals surface area contributed by atoms with Crippen LogP contribution in [0.15, 0.2) is 51.2 Å². The van der Waals surface area contributed by atoms with Crippen molar-refractivity contribution in [3.05, 3.63) is 56.7 Å². The first-order chi connectivity index (χ1) is 12.1. The fourth-order valence-corrected chi connectivity index (χ4v) is 3.24. The number of halogens is 1. The number of hydrogen-bond donors (Lipinski definition) is 2. The molecule has 0 aliphatic rings. The van der Waals surface area contributed by atoms with E-state index >= 15 is 0 Å². The largest absolute Gasteiger partial charge is 0.354 e. The van der Waals surface area contributed by atoms with Crippen LogP contribution < -0.4 is 10.6 Å². The maximum atomic E-state index is 12.0. The number of nitrogens with one attached hydrogen (secondary N) is 2. The molecule has 5 nitrogen and oxygen atoms in total. The molecule has 1 heterocycles. The average Bonchev–Trinajstić information content (AvgIpc) is 3.13. The van der Waals surface area contributed by atoms with Crippen molar-refractivity contribution >= 4 is 39.1 Å². The number of rotatable bonds is 7. The van der Waals surface area contributed by atoms with Gasteiger partial charge in [-0.2, -0.15) is 0 Å². The summed E-state index contributed by atoms with van der Waals surface area (Å²) in [4.78, 5) is 19.8. The number of likely N-dealkylation sites (N-methyl/N-ethyl adjacent to an activating group) is 1. The van der Waals surface area contributed by atoms with Gasteiger partial charge in [0.15, 0.2) is 5.96 Å². The lowest BCUT2D eigenvalue weighted by atomic mass is 10.2. The zero-order valence-corrected chi connectivity index (χ0v) is 16.9. The van der Waals surface area contributed by atoms with Crippen molar-refractivity contribution in [2.45, 2.75) is 6.42 Å². The fourth-order valence-electron chi connectivity index (χ4n) is 2.28. The van der Waals surface area contributed by atoms with Gasteiger partial charge in [0.25, 0.3) is 5.91 Å². The van der Waals surface area contributed by atoms with E-state index < -0.39 is 0 Å². The number of hydrogen-bond acceptors (Lipinski definition) is 3. The molecule has 0 aliphatic heterocycles. The molecule has 0 saturated carbocycles. The van der Waals surface area contributed by atoms with Crippen LogP contribution in [0, 0.1) is 0 Å². The first-order valence-electron chi connectivity index (χ1n) is 8.08. The number of carbonyl (C=O) groups is 1. The topological polar surface area (TPSA) is 56.7 Å². The molecule has 1 amide bonds. The number of benzene rings is 1. The van der Waals surface area contributed by atoms with E-state index in [0.717, 1.165) is 23.4 Å². The maximum absolute atomic E-state index is 12.0. The molecule has 7 heteroatoms. The van der Waals surface area contributed by atoms with Crippen molar-refractivity contribution in [3.63, 3.8) is 0 Å². The van der Waals surface area contributed by atoms with Crippen LogP contribution in [0.4, 0.5) is 0 Å². The summed E-state index contributed by atoms with van der Waals surface area (Å²) in [6.07, 6.45) is 0.995. The third-order valence-electron chi connectivity index (χ3n) is 3.65. The minimum atomic E-state index is -0.0738. The first-order valence-corrected chi connectivity index (χ1v) is 9.75. The smallest absolute Gasteiger partial charge is 0.251 e. The second-order valence-electron chi connectivity index (χ2n) is 5.49. The summed E-state index contributed by atoms with van der Waals surface area (Å²) < 4.78 is 0.958. The van der Waals surface area contributed by atoms with Gasteiger partial charge in [-0.05, 0) is 42.1 Å².